The van der Waals surface area contributed by atoms with Crippen LogP contribution in [0.25, 0.3) is 10.8 Å². The molecular formula is C26H29NO5S. The van der Waals surface area contributed by atoms with Crippen LogP contribution in [0.3, 0.4) is 0 Å². The molecule has 0 spiro atoms. The minimum absolute atomic E-state index is 0.0518. The van der Waals surface area contributed by atoms with Crippen LogP contribution >= 0.6 is 0 Å². The minimum atomic E-state index is -4.00. The molecule has 0 aromatic heterocycles. The maximum atomic E-state index is 13.0. The van der Waals surface area contributed by atoms with E-state index in [1.54, 1.807) is 12.1 Å². The van der Waals surface area contributed by atoms with Crippen molar-refractivity contribution in [1.82, 2.24) is 4.72 Å². The number of ether oxygens (including phenoxy) is 1. The quantitative estimate of drug-likeness (QED) is 0.495. The van der Waals surface area contributed by atoms with Gasteiger partial charge >= 0.3 is 5.97 Å². The lowest BCUT2D eigenvalue weighted by Gasteiger charge is -2.25. The van der Waals surface area contributed by atoms with Crippen LogP contribution in [0.2, 0.25) is 0 Å². The van der Waals surface area contributed by atoms with Gasteiger partial charge < -0.3 is 9.84 Å². The van der Waals surface area contributed by atoms with Gasteiger partial charge in [0, 0.05) is 5.92 Å². The molecule has 0 aliphatic carbocycles. The van der Waals surface area contributed by atoms with Gasteiger partial charge in [-0.1, -0.05) is 73.5 Å². The van der Waals surface area contributed by atoms with Crippen LogP contribution < -0.4 is 4.72 Å². The Balaban J connectivity index is 1.65. The number of carboxylic acids is 1. The fourth-order valence-electron chi connectivity index (χ4n) is 4.69. The molecule has 1 fully saturated rings. The van der Waals surface area contributed by atoms with Crippen LogP contribution in [0, 0.1) is 12.8 Å². The highest BCUT2D eigenvalue weighted by Crippen LogP contribution is 2.42. The largest absolute Gasteiger partial charge is 0.480 e. The van der Waals surface area contributed by atoms with Crippen molar-refractivity contribution in [3.63, 3.8) is 0 Å². The smallest absolute Gasteiger partial charge is 0.322 e. The highest BCUT2D eigenvalue weighted by atomic mass is 32.2. The molecule has 3 aromatic rings. The second-order valence-corrected chi connectivity index (χ2v) is 10.4. The number of hydrogen-bond donors (Lipinski definition) is 2. The van der Waals surface area contributed by atoms with Crippen molar-refractivity contribution in [2.75, 3.05) is 0 Å². The van der Waals surface area contributed by atoms with Crippen molar-refractivity contribution < 1.29 is 23.1 Å². The molecule has 0 radical (unpaired) electrons. The molecular weight excluding hydrogens is 438 g/mol. The number of aryl methyl sites for hydroxylation is 1. The zero-order valence-electron chi connectivity index (χ0n) is 18.8. The van der Waals surface area contributed by atoms with Gasteiger partial charge in [0.25, 0.3) is 0 Å². The summed E-state index contributed by atoms with van der Waals surface area (Å²) in [7, 11) is -4.00. The summed E-state index contributed by atoms with van der Waals surface area (Å²) in [6.45, 7) is 3.88. The van der Waals surface area contributed by atoms with Crippen molar-refractivity contribution in [3.8, 4) is 0 Å². The van der Waals surface area contributed by atoms with Gasteiger partial charge in [-0.25, -0.2) is 8.42 Å². The Bertz CT molecular complexity index is 1230. The van der Waals surface area contributed by atoms with E-state index in [1.807, 2.05) is 56.3 Å². The van der Waals surface area contributed by atoms with Gasteiger partial charge in [0.05, 0.1) is 17.1 Å². The summed E-state index contributed by atoms with van der Waals surface area (Å²) in [4.78, 5) is 12.3. The summed E-state index contributed by atoms with van der Waals surface area (Å²) in [5.41, 5.74) is 1.93. The number of hydrogen-bond acceptors (Lipinski definition) is 4. The van der Waals surface area contributed by atoms with Crippen molar-refractivity contribution in [2.24, 2.45) is 5.92 Å². The number of carbonyl (C=O) groups is 1. The zero-order chi connectivity index (χ0) is 23.6. The van der Waals surface area contributed by atoms with E-state index in [4.69, 9.17) is 4.74 Å². The van der Waals surface area contributed by atoms with Gasteiger partial charge in [-0.05, 0) is 48.2 Å². The fourth-order valence-corrected chi connectivity index (χ4v) is 5.93. The van der Waals surface area contributed by atoms with Crippen LogP contribution in [0.15, 0.2) is 71.6 Å². The lowest BCUT2D eigenvalue weighted by atomic mass is 9.87. The third-order valence-corrected chi connectivity index (χ3v) is 7.81. The Hall–Kier alpha value is -2.74. The fraction of sp³-hybridized carbons (Fsp3) is 0.346. The van der Waals surface area contributed by atoms with Crippen molar-refractivity contribution in [2.45, 2.75) is 56.3 Å². The van der Waals surface area contributed by atoms with Gasteiger partial charge in [-0.3, -0.25) is 4.79 Å². The summed E-state index contributed by atoms with van der Waals surface area (Å²) in [5, 5.41) is 12.2. The van der Waals surface area contributed by atoms with Crippen LogP contribution in [0.4, 0.5) is 0 Å². The third-order valence-electron chi connectivity index (χ3n) is 6.35. The molecule has 3 aromatic carbocycles. The van der Waals surface area contributed by atoms with Crippen LogP contribution in [-0.2, 0) is 19.6 Å². The van der Waals surface area contributed by atoms with E-state index in [2.05, 4.69) is 4.72 Å². The number of fused-ring (bicyclic) bond motifs is 1. The maximum Gasteiger partial charge on any atom is 0.322 e. The zero-order valence-corrected chi connectivity index (χ0v) is 19.6. The molecule has 4 rings (SSSR count). The van der Waals surface area contributed by atoms with E-state index in [0.29, 0.717) is 12.8 Å². The molecule has 33 heavy (non-hydrogen) atoms. The summed E-state index contributed by atoms with van der Waals surface area (Å²) in [5.74, 6) is -1.69. The Kier molecular flexibility index (Phi) is 6.83. The molecule has 1 heterocycles. The number of aliphatic carboxylic acids is 1. The lowest BCUT2D eigenvalue weighted by molar-refractivity contribution is -0.141. The standard InChI is InChI=1S/C26H29NO5S/c1-3-7-23-22(16-24(32-23)21-11-6-9-18-8-4-5-10-20(18)21)25(26(28)29)27-33(30,31)19-14-12-17(2)13-15-19/h4-6,8-15,22-25,27H,3,7,16H2,1-2H3,(H,28,29)/t22-,23+,24?,25?/m0/s1. The van der Waals surface area contributed by atoms with E-state index >= 15 is 0 Å². The van der Waals surface area contributed by atoms with Gasteiger partial charge in [0.15, 0.2) is 0 Å². The van der Waals surface area contributed by atoms with Crippen molar-refractivity contribution in [1.29, 1.82) is 0 Å². The summed E-state index contributed by atoms with van der Waals surface area (Å²) in [6, 6.07) is 19.1. The van der Waals surface area contributed by atoms with Crippen molar-refractivity contribution >= 4 is 26.8 Å². The van der Waals surface area contributed by atoms with Crippen LogP contribution in [0.5, 0.6) is 0 Å². The molecule has 4 atom stereocenters. The second-order valence-electron chi connectivity index (χ2n) is 8.67. The molecule has 0 saturated carbocycles. The first kappa shape index (κ1) is 23.4. The number of carboxylic acid groups (broad SMARTS) is 1. The Morgan fingerprint density at radius 2 is 1.79 bits per heavy atom. The molecule has 2 N–H and O–H groups in total. The Morgan fingerprint density at radius 1 is 1.09 bits per heavy atom. The lowest BCUT2D eigenvalue weighted by Crippen LogP contribution is -2.48. The van der Waals surface area contributed by atoms with Gasteiger partial charge in [-0.15, -0.1) is 0 Å². The predicted octanol–water partition coefficient (Wildman–Crippen LogP) is 4.83. The molecule has 1 aliphatic heterocycles. The average molecular weight is 468 g/mol. The van der Waals surface area contributed by atoms with Crippen LogP contribution in [0.1, 0.15) is 43.4 Å². The van der Waals surface area contributed by atoms with E-state index < -0.39 is 28.0 Å². The molecule has 2 unspecified atom stereocenters. The Labute approximate surface area is 194 Å². The number of rotatable bonds is 8. The highest BCUT2D eigenvalue weighted by Gasteiger charge is 2.44. The number of benzene rings is 3. The molecule has 1 aliphatic rings. The molecule has 0 bridgehead atoms. The van der Waals surface area contributed by atoms with E-state index in [1.165, 1.54) is 12.1 Å². The van der Waals surface area contributed by atoms with E-state index in [0.717, 1.165) is 28.3 Å². The SMILES string of the molecule is CCC[C@H]1OC(c2cccc3ccccc23)C[C@@H]1C(NS(=O)(=O)c1ccc(C)cc1)C(=O)O. The summed E-state index contributed by atoms with van der Waals surface area (Å²) in [6.07, 6.45) is 1.22. The first-order valence-electron chi connectivity index (χ1n) is 11.2. The molecule has 174 valence electrons. The van der Waals surface area contributed by atoms with Gasteiger partial charge in [-0.2, -0.15) is 4.72 Å². The normalized spacial score (nSPS) is 21.8. The molecule has 0 amide bonds. The van der Waals surface area contributed by atoms with Crippen LogP contribution in [-0.4, -0.2) is 31.6 Å². The second kappa shape index (κ2) is 9.63. The predicted molar refractivity (Wildman–Crippen MR) is 128 cm³/mol. The number of nitrogens with one attached hydrogen (secondary N) is 1. The first-order valence-corrected chi connectivity index (χ1v) is 12.7. The third kappa shape index (κ3) is 4.95. The minimum Gasteiger partial charge on any atom is -0.480 e. The summed E-state index contributed by atoms with van der Waals surface area (Å²) >= 11 is 0. The van der Waals surface area contributed by atoms with E-state index in [9.17, 15) is 18.3 Å². The molecule has 6 nitrogen and oxygen atoms in total. The topological polar surface area (TPSA) is 92.7 Å². The maximum absolute atomic E-state index is 13.0. The van der Waals surface area contributed by atoms with Crippen molar-refractivity contribution in [3.05, 3.63) is 77.9 Å². The molecule has 7 heteroatoms. The van der Waals surface area contributed by atoms with Gasteiger partial charge in [0.1, 0.15) is 6.04 Å². The average Bonchev–Trinajstić information content (AvgIpc) is 3.21. The monoisotopic (exact) mass is 467 g/mol. The highest BCUT2D eigenvalue weighted by molar-refractivity contribution is 7.89. The van der Waals surface area contributed by atoms with Gasteiger partial charge in [0.2, 0.25) is 10.0 Å². The molecule has 1 saturated heterocycles. The summed E-state index contributed by atoms with van der Waals surface area (Å²) < 4.78 is 34.8. The first-order chi connectivity index (χ1) is 15.8. The Morgan fingerprint density at radius 3 is 2.48 bits per heavy atom. The number of sulfonamides is 1. The van der Waals surface area contributed by atoms with E-state index in [-0.39, 0.29) is 17.1 Å².